The Morgan fingerprint density at radius 2 is 1.58 bits per heavy atom. The number of benzene rings is 1. The van der Waals surface area contributed by atoms with Crippen molar-refractivity contribution >= 4 is 15.9 Å². The van der Waals surface area contributed by atoms with E-state index in [1.54, 1.807) is 0 Å². The van der Waals surface area contributed by atoms with E-state index in [0.29, 0.717) is 0 Å². The molecule has 1 rings (SSSR count). The summed E-state index contributed by atoms with van der Waals surface area (Å²) in [5.41, 5.74) is 7.16. The number of hydrogen-bond donors (Lipinski definition) is 1. The standard InChI is InChI=1S/C15H24BrNO2/c1-6-13(17)11-7-12(16)15(19-10(4)5)8-14(11)18-9(2)3/h7-10,13H,6,17H2,1-5H3. The first-order chi connectivity index (χ1) is 8.85. The highest BCUT2D eigenvalue weighted by atomic mass is 79.9. The van der Waals surface area contributed by atoms with Crippen LogP contribution < -0.4 is 15.2 Å². The number of ether oxygens (including phenoxy) is 2. The molecule has 4 heteroatoms. The SMILES string of the molecule is CCC(N)c1cc(Br)c(OC(C)C)cc1OC(C)C. The maximum absolute atomic E-state index is 6.15. The third-order valence-corrected chi connectivity index (χ3v) is 3.25. The van der Waals surface area contributed by atoms with Crippen LogP contribution in [-0.2, 0) is 0 Å². The lowest BCUT2D eigenvalue weighted by Gasteiger charge is -2.21. The molecule has 0 bridgehead atoms. The topological polar surface area (TPSA) is 44.5 Å². The van der Waals surface area contributed by atoms with Gasteiger partial charge in [-0.25, -0.2) is 0 Å². The minimum Gasteiger partial charge on any atom is -0.491 e. The highest BCUT2D eigenvalue weighted by molar-refractivity contribution is 9.10. The molecule has 2 N–H and O–H groups in total. The van der Waals surface area contributed by atoms with Gasteiger partial charge in [-0.2, -0.15) is 0 Å². The second kappa shape index (κ2) is 7.15. The Morgan fingerprint density at radius 3 is 2.05 bits per heavy atom. The van der Waals surface area contributed by atoms with Crippen LogP contribution in [0, 0.1) is 0 Å². The van der Waals surface area contributed by atoms with Crippen molar-refractivity contribution in [2.45, 2.75) is 59.3 Å². The molecule has 0 spiro atoms. The van der Waals surface area contributed by atoms with E-state index in [9.17, 15) is 0 Å². The van der Waals surface area contributed by atoms with E-state index in [0.717, 1.165) is 28.0 Å². The van der Waals surface area contributed by atoms with Crippen molar-refractivity contribution in [2.24, 2.45) is 5.73 Å². The maximum atomic E-state index is 6.15. The van der Waals surface area contributed by atoms with E-state index in [1.807, 2.05) is 39.8 Å². The van der Waals surface area contributed by atoms with Gasteiger partial charge in [0.2, 0.25) is 0 Å². The molecule has 19 heavy (non-hydrogen) atoms. The summed E-state index contributed by atoms with van der Waals surface area (Å²) < 4.78 is 12.5. The fourth-order valence-corrected chi connectivity index (χ4v) is 2.21. The van der Waals surface area contributed by atoms with Gasteiger partial charge in [-0.05, 0) is 56.1 Å². The molecule has 0 saturated carbocycles. The number of hydrogen-bond acceptors (Lipinski definition) is 3. The zero-order valence-electron chi connectivity index (χ0n) is 12.4. The second-order valence-corrected chi connectivity index (χ2v) is 6.02. The Kier molecular flexibility index (Phi) is 6.14. The van der Waals surface area contributed by atoms with Crippen molar-refractivity contribution in [3.63, 3.8) is 0 Å². The van der Waals surface area contributed by atoms with Gasteiger partial charge in [-0.3, -0.25) is 0 Å². The predicted molar refractivity (Wildman–Crippen MR) is 82.9 cm³/mol. The molecule has 0 aliphatic heterocycles. The van der Waals surface area contributed by atoms with Crippen molar-refractivity contribution in [3.05, 3.63) is 22.2 Å². The highest BCUT2D eigenvalue weighted by Gasteiger charge is 2.16. The van der Waals surface area contributed by atoms with Gasteiger partial charge in [0.25, 0.3) is 0 Å². The van der Waals surface area contributed by atoms with Gasteiger partial charge < -0.3 is 15.2 Å². The molecule has 0 heterocycles. The lowest BCUT2D eigenvalue weighted by Crippen LogP contribution is -2.15. The van der Waals surface area contributed by atoms with Crippen molar-refractivity contribution in [1.82, 2.24) is 0 Å². The summed E-state index contributed by atoms with van der Waals surface area (Å²) in [5.74, 6) is 1.60. The first kappa shape index (κ1) is 16.3. The quantitative estimate of drug-likeness (QED) is 0.839. The second-order valence-electron chi connectivity index (χ2n) is 5.17. The first-order valence-corrected chi connectivity index (χ1v) is 7.56. The highest BCUT2D eigenvalue weighted by Crippen LogP contribution is 2.37. The summed E-state index contributed by atoms with van der Waals surface area (Å²) in [6, 6.07) is 3.90. The van der Waals surface area contributed by atoms with Crippen molar-refractivity contribution in [1.29, 1.82) is 0 Å². The Bertz CT molecular complexity index is 419. The molecule has 3 nitrogen and oxygen atoms in total. The zero-order valence-corrected chi connectivity index (χ0v) is 14.0. The van der Waals surface area contributed by atoms with Crippen LogP contribution in [0.1, 0.15) is 52.6 Å². The molecule has 0 aromatic heterocycles. The molecule has 1 aromatic rings. The normalized spacial score (nSPS) is 12.9. The fraction of sp³-hybridized carbons (Fsp3) is 0.600. The molecule has 1 atom stereocenters. The van der Waals surface area contributed by atoms with Gasteiger partial charge in [0.1, 0.15) is 11.5 Å². The van der Waals surface area contributed by atoms with Crippen LogP contribution in [0.4, 0.5) is 0 Å². The van der Waals surface area contributed by atoms with Gasteiger partial charge in [0, 0.05) is 17.7 Å². The molecule has 0 aliphatic carbocycles. The number of nitrogens with two attached hydrogens (primary N) is 1. The van der Waals surface area contributed by atoms with E-state index in [2.05, 4.69) is 22.9 Å². The van der Waals surface area contributed by atoms with Crippen LogP contribution in [0.3, 0.4) is 0 Å². The maximum Gasteiger partial charge on any atom is 0.137 e. The molecular weight excluding hydrogens is 306 g/mol. The number of rotatable bonds is 6. The molecule has 108 valence electrons. The monoisotopic (exact) mass is 329 g/mol. The smallest absolute Gasteiger partial charge is 0.137 e. The zero-order chi connectivity index (χ0) is 14.6. The van der Waals surface area contributed by atoms with E-state index in [4.69, 9.17) is 15.2 Å². The number of halogens is 1. The van der Waals surface area contributed by atoms with Gasteiger partial charge in [-0.1, -0.05) is 6.92 Å². The predicted octanol–water partition coefficient (Wildman–Crippen LogP) is 4.43. The van der Waals surface area contributed by atoms with Crippen LogP contribution in [0.25, 0.3) is 0 Å². The minimum atomic E-state index is -0.0295. The van der Waals surface area contributed by atoms with Crippen molar-refractivity contribution in [2.75, 3.05) is 0 Å². The van der Waals surface area contributed by atoms with Gasteiger partial charge in [-0.15, -0.1) is 0 Å². The molecule has 1 unspecified atom stereocenters. The van der Waals surface area contributed by atoms with Crippen molar-refractivity contribution < 1.29 is 9.47 Å². The van der Waals surface area contributed by atoms with E-state index in [1.165, 1.54) is 0 Å². The summed E-state index contributed by atoms with van der Waals surface area (Å²) in [6.07, 6.45) is 1.09. The first-order valence-electron chi connectivity index (χ1n) is 6.77. The Hall–Kier alpha value is -0.740. The minimum absolute atomic E-state index is 0.0295. The molecule has 0 amide bonds. The van der Waals surface area contributed by atoms with Gasteiger partial charge in [0.15, 0.2) is 0 Å². The molecule has 0 fully saturated rings. The average molecular weight is 330 g/mol. The van der Waals surface area contributed by atoms with Crippen molar-refractivity contribution in [3.8, 4) is 11.5 Å². The van der Waals surface area contributed by atoms with Gasteiger partial charge in [0.05, 0.1) is 16.7 Å². The largest absolute Gasteiger partial charge is 0.491 e. The summed E-state index contributed by atoms with van der Waals surface area (Å²) in [4.78, 5) is 0. The lowest BCUT2D eigenvalue weighted by molar-refractivity contribution is 0.225. The Labute approximate surface area is 124 Å². The van der Waals surface area contributed by atoms with Crippen LogP contribution in [0.2, 0.25) is 0 Å². The Balaban J connectivity index is 3.20. The average Bonchev–Trinajstić information content (AvgIpc) is 2.30. The summed E-state index contributed by atoms with van der Waals surface area (Å²) in [7, 11) is 0. The van der Waals surface area contributed by atoms with Crippen LogP contribution in [-0.4, -0.2) is 12.2 Å². The van der Waals surface area contributed by atoms with Crippen LogP contribution in [0.5, 0.6) is 11.5 Å². The molecule has 0 saturated heterocycles. The van der Waals surface area contributed by atoms with E-state index in [-0.39, 0.29) is 18.2 Å². The third-order valence-electron chi connectivity index (χ3n) is 2.63. The molecule has 1 aromatic carbocycles. The molecule has 0 aliphatic rings. The van der Waals surface area contributed by atoms with Gasteiger partial charge >= 0.3 is 0 Å². The van der Waals surface area contributed by atoms with Crippen LogP contribution in [0.15, 0.2) is 16.6 Å². The summed E-state index contributed by atoms with van der Waals surface area (Å²) >= 11 is 3.54. The Morgan fingerprint density at radius 1 is 1.05 bits per heavy atom. The summed E-state index contributed by atoms with van der Waals surface area (Å²) in [6.45, 7) is 10.1. The lowest BCUT2D eigenvalue weighted by atomic mass is 10.0. The molecular formula is C15H24BrNO2. The van der Waals surface area contributed by atoms with E-state index < -0.39 is 0 Å². The molecule has 0 radical (unpaired) electrons. The third kappa shape index (κ3) is 4.69. The fourth-order valence-electron chi connectivity index (χ4n) is 1.76. The van der Waals surface area contributed by atoms with Crippen LogP contribution >= 0.6 is 15.9 Å². The summed E-state index contributed by atoms with van der Waals surface area (Å²) in [5, 5.41) is 0. The van der Waals surface area contributed by atoms with E-state index >= 15 is 0 Å².